The molecule has 1 atom stereocenters. The Morgan fingerprint density at radius 1 is 1.35 bits per heavy atom. The Balaban J connectivity index is 1.91. The Labute approximate surface area is 103 Å². The summed E-state index contributed by atoms with van der Waals surface area (Å²) >= 11 is 0. The number of hydrogen-bond acceptors (Lipinski definition) is 2. The quantitative estimate of drug-likeness (QED) is 0.862. The summed E-state index contributed by atoms with van der Waals surface area (Å²) in [4.78, 5) is 2.45. The molecule has 1 aromatic rings. The lowest BCUT2D eigenvalue weighted by Gasteiger charge is -2.24. The lowest BCUT2D eigenvalue weighted by atomic mass is 9.90. The molecule has 0 radical (unpaired) electrons. The summed E-state index contributed by atoms with van der Waals surface area (Å²) in [7, 11) is 2.01. The average molecular weight is 236 g/mol. The van der Waals surface area contributed by atoms with Crippen molar-refractivity contribution in [3.63, 3.8) is 0 Å². The first-order valence-corrected chi connectivity index (χ1v) is 6.23. The maximum Gasteiger partial charge on any atom is 0.123 e. The molecule has 3 heteroatoms. The van der Waals surface area contributed by atoms with Gasteiger partial charge in [-0.1, -0.05) is 19.1 Å². The molecule has 0 saturated carbocycles. The molecule has 94 valence electrons. The van der Waals surface area contributed by atoms with Gasteiger partial charge in [0, 0.05) is 19.6 Å². The molecule has 0 aliphatic carbocycles. The Morgan fingerprint density at radius 2 is 2.06 bits per heavy atom. The largest absolute Gasteiger partial charge is 0.319 e. The van der Waals surface area contributed by atoms with Gasteiger partial charge in [-0.3, -0.25) is 4.90 Å². The topological polar surface area (TPSA) is 15.3 Å². The van der Waals surface area contributed by atoms with Gasteiger partial charge in [0.2, 0.25) is 0 Å². The van der Waals surface area contributed by atoms with E-state index in [9.17, 15) is 4.39 Å². The third-order valence-corrected chi connectivity index (χ3v) is 3.56. The number of benzene rings is 1. The van der Waals surface area contributed by atoms with Crippen molar-refractivity contribution in [2.45, 2.75) is 19.9 Å². The molecule has 1 aliphatic heterocycles. The lowest BCUT2D eigenvalue weighted by molar-refractivity contribution is 0.265. The van der Waals surface area contributed by atoms with Gasteiger partial charge in [-0.2, -0.15) is 0 Å². The minimum atomic E-state index is -0.157. The molecule has 1 aliphatic rings. The van der Waals surface area contributed by atoms with Crippen LogP contribution in [-0.2, 0) is 6.54 Å². The monoisotopic (exact) mass is 236 g/mol. The maximum absolute atomic E-state index is 12.8. The normalized spacial score (nSPS) is 25.4. The first-order valence-electron chi connectivity index (χ1n) is 6.23. The Bertz CT molecular complexity index is 363. The zero-order chi connectivity index (χ0) is 12.3. The molecule has 1 heterocycles. The van der Waals surface area contributed by atoms with Gasteiger partial charge in [0.1, 0.15) is 5.82 Å². The van der Waals surface area contributed by atoms with Gasteiger partial charge in [0.15, 0.2) is 0 Å². The summed E-state index contributed by atoms with van der Waals surface area (Å²) in [5.41, 5.74) is 1.58. The van der Waals surface area contributed by atoms with E-state index in [0.29, 0.717) is 5.41 Å². The van der Waals surface area contributed by atoms with E-state index in [1.54, 1.807) is 0 Å². The molecule has 1 fully saturated rings. The zero-order valence-corrected chi connectivity index (χ0v) is 10.7. The van der Waals surface area contributed by atoms with E-state index in [-0.39, 0.29) is 5.82 Å². The van der Waals surface area contributed by atoms with Crippen molar-refractivity contribution in [1.29, 1.82) is 0 Å². The first-order chi connectivity index (χ1) is 8.11. The fourth-order valence-corrected chi connectivity index (χ4v) is 2.68. The standard InChI is InChI=1S/C14H21FN2/c1-14(10-16-2)7-8-17(11-14)9-12-3-5-13(15)6-4-12/h3-6,16H,7-11H2,1-2H3. The molecule has 2 rings (SSSR count). The fraction of sp³-hybridized carbons (Fsp3) is 0.571. The number of hydrogen-bond donors (Lipinski definition) is 1. The summed E-state index contributed by atoms with van der Waals surface area (Å²) in [6.07, 6.45) is 1.23. The third kappa shape index (κ3) is 3.27. The molecular formula is C14H21FN2. The summed E-state index contributed by atoms with van der Waals surface area (Å²) in [6, 6.07) is 6.84. The van der Waals surface area contributed by atoms with Crippen LogP contribution in [0, 0.1) is 11.2 Å². The van der Waals surface area contributed by atoms with Crippen LogP contribution in [0.5, 0.6) is 0 Å². The molecule has 0 spiro atoms. The van der Waals surface area contributed by atoms with E-state index in [2.05, 4.69) is 17.1 Å². The summed E-state index contributed by atoms with van der Waals surface area (Å²) in [5.74, 6) is -0.157. The number of likely N-dealkylation sites (tertiary alicyclic amines) is 1. The van der Waals surface area contributed by atoms with Crippen LogP contribution in [0.3, 0.4) is 0 Å². The average Bonchev–Trinajstić information content (AvgIpc) is 2.64. The number of rotatable bonds is 4. The highest BCUT2D eigenvalue weighted by atomic mass is 19.1. The molecule has 0 aromatic heterocycles. The van der Waals surface area contributed by atoms with E-state index in [1.807, 2.05) is 19.2 Å². The Morgan fingerprint density at radius 3 is 2.71 bits per heavy atom. The van der Waals surface area contributed by atoms with Crippen LogP contribution in [0.4, 0.5) is 4.39 Å². The molecule has 1 saturated heterocycles. The zero-order valence-electron chi connectivity index (χ0n) is 10.7. The molecule has 1 aromatic carbocycles. The van der Waals surface area contributed by atoms with Crippen molar-refractivity contribution in [2.24, 2.45) is 5.41 Å². The molecule has 2 nitrogen and oxygen atoms in total. The molecular weight excluding hydrogens is 215 g/mol. The Hall–Kier alpha value is -0.930. The van der Waals surface area contributed by atoms with Gasteiger partial charge in [0.25, 0.3) is 0 Å². The third-order valence-electron chi connectivity index (χ3n) is 3.56. The van der Waals surface area contributed by atoms with Crippen molar-refractivity contribution >= 4 is 0 Å². The van der Waals surface area contributed by atoms with Crippen LogP contribution in [0.15, 0.2) is 24.3 Å². The maximum atomic E-state index is 12.8. The van der Waals surface area contributed by atoms with Crippen LogP contribution in [-0.4, -0.2) is 31.6 Å². The van der Waals surface area contributed by atoms with Crippen LogP contribution in [0.25, 0.3) is 0 Å². The van der Waals surface area contributed by atoms with Crippen LogP contribution >= 0.6 is 0 Å². The van der Waals surface area contributed by atoms with Crippen molar-refractivity contribution < 1.29 is 4.39 Å². The minimum absolute atomic E-state index is 0.157. The van der Waals surface area contributed by atoms with E-state index in [0.717, 1.165) is 26.2 Å². The minimum Gasteiger partial charge on any atom is -0.319 e. The highest BCUT2D eigenvalue weighted by molar-refractivity contribution is 5.16. The predicted molar refractivity (Wildman–Crippen MR) is 68.3 cm³/mol. The van der Waals surface area contributed by atoms with Crippen LogP contribution in [0.1, 0.15) is 18.9 Å². The van der Waals surface area contributed by atoms with Crippen molar-refractivity contribution in [2.75, 3.05) is 26.7 Å². The van der Waals surface area contributed by atoms with E-state index >= 15 is 0 Å². The number of nitrogens with one attached hydrogen (secondary N) is 1. The second-order valence-corrected chi connectivity index (χ2v) is 5.43. The highest BCUT2D eigenvalue weighted by Gasteiger charge is 2.32. The lowest BCUT2D eigenvalue weighted by Crippen LogP contribution is -2.32. The van der Waals surface area contributed by atoms with E-state index in [1.165, 1.54) is 24.1 Å². The Kier molecular flexibility index (Phi) is 3.79. The molecule has 1 N–H and O–H groups in total. The summed E-state index contributed by atoms with van der Waals surface area (Å²) in [5, 5.41) is 3.27. The van der Waals surface area contributed by atoms with Gasteiger partial charge in [-0.05, 0) is 43.1 Å². The van der Waals surface area contributed by atoms with Crippen LogP contribution < -0.4 is 5.32 Å². The van der Waals surface area contributed by atoms with Crippen molar-refractivity contribution in [1.82, 2.24) is 10.2 Å². The van der Waals surface area contributed by atoms with Gasteiger partial charge in [-0.25, -0.2) is 4.39 Å². The molecule has 17 heavy (non-hydrogen) atoms. The van der Waals surface area contributed by atoms with E-state index in [4.69, 9.17) is 0 Å². The number of nitrogens with zero attached hydrogens (tertiary/aromatic N) is 1. The highest BCUT2D eigenvalue weighted by Crippen LogP contribution is 2.29. The smallest absolute Gasteiger partial charge is 0.123 e. The summed E-state index contributed by atoms with van der Waals surface area (Å²) in [6.45, 7) is 6.57. The molecule has 0 bridgehead atoms. The number of halogens is 1. The second kappa shape index (κ2) is 5.15. The fourth-order valence-electron chi connectivity index (χ4n) is 2.68. The van der Waals surface area contributed by atoms with Crippen molar-refractivity contribution in [3.8, 4) is 0 Å². The van der Waals surface area contributed by atoms with Gasteiger partial charge in [-0.15, -0.1) is 0 Å². The first kappa shape index (κ1) is 12.5. The SMILES string of the molecule is CNCC1(C)CCN(Cc2ccc(F)cc2)C1. The van der Waals surface area contributed by atoms with Gasteiger partial charge < -0.3 is 5.32 Å². The van der Waals surface area contributed by atoms with Crippen molar-refractivity contribution in [3.05, 3.63) is 35.6 Å². The predicted octanol–water partition coefficient (Wildman–Crippen LogP) is 2.26. The molecule has 0 amide bonds. The van der Waals surface area contributed by atoms with Gasteiger partial charge >= 0.3 is 0 Å². The summed E-state index contributed by atoms with van der Waals surface area (Å²) < 4.78 is 12.8. The van der Waals surface area contributed by atoms with E-state index < -0.39 is 0 Å². The van der Waals surface area contributed by atoms with Crippen LogP contribution in [0.2, 0.25) is 0 Å². The molecule has 1 unspecified atom stereocenters. The second-order valence-electron chi connectivity index (χ2n) is 5.43. The van der Waals surface area contributed by atoms with Gasteiger partial charge in [0.05, 0.1) is 0 Å².